The zero-order valence-corrected chi connectivity index (χ0v) is 15.1. The van der Waals surface area contributed by atoms with Crippen LogP contribution in [0, 0.1) is 0 Å². The van der Waals surface area contributed by atoms with Crippen LogP contribution in [0.3, 0.4) is 0 Å². The van der Waals surface area contributed by atoms with Gasteiger partial charge in [-0.1, -0.05) is 29.4 Å². The molecule has 3 aromatic rings. The molecule has 0 saturated carbocycles. The average molecular weight is 383 g/mol. The van der Waals surface area contributed by atoms with E-state index in [0.29, 0.717) is 18.7 Å². The van der Waals surface area contributed by atoms with Crippen LogP contribution in [0.1, 0.15) is 21.7 Å². The van der Waals surface area contributed by atoms with Gasteiger partial charge in [0.15, 0.2) is 0 Å². The molecule has 0 radical (unpaired) electrons. The van der Waals surface area contributed by atoms with Crippen LogP contribution in [-0.2, 0) is 23.0 Å². The number of sulfonamides is 1. The minimum atomic E-state index is -3.55. The summed E-state index contributed by atoms with van der Waals surface area (Å²) in [5.41, 5.74) is 2.53. The summed E-state index contributed by atoms with van der Waals surface area (Å²) in [4.78, 5) is 12.4. The van der Waals surface area contributed by atoms with E-state index in [2.05, 4.69) is 10.5 Å². The number of anilines is 1. The van der Waals surface area contributed by atoms with Gasteiger partial charge in [0, 0.05) is 24.8 Å². The summed E-state index contributed by atoms with van der Waals surface area (Å²) in [5.74, 6) is -0.293. The van der Waals surface area contributed by atoms with Crippen molar-refractivity contribution in [1.82, 2.24) is 9.46 Å². The van der Waals surface area contributed by atoms with Gasteiger partial charge in [-0.15, -0.1) is 0 Å². The number of aromatic nitrogens is 1. The van der Waals surface area contributed by atoms with Gasteiger partial charge in [0.25, 0.3) is 5.91 Å². The van der Waals surface area contributed by atoms with Crippen molar-refractivity contribution in [3.63, 3.8) is 0 Å². The number of hydrogen-bond acceptors (Lipinski definition) is 5. The highest BCUT2D eigenvalue weighted by Crippen LogP contribution is 2.27. The summed E-state index contributed by atoms with van der Waals surface area (Å²) in [5, 5.41) is 6.25. The van der Waals surface area contributed by atoms with E-state index in [1.54, 1.807) is 42.5 Å². The second-order valence-electron chi connectivity index (χ2n) is 6.22. The molecule has 1 aliphatic rings. The Morgan fingerprint density at radius 3 is 2.63 bits per heavy atom. The first-order valence-corrected chi connectivity index (χ1v) is 9.87. The molecule has 2 aromatic carbocycles. The minimum absolute atomic E-state index is 0.112. The molecule has 138 valence electrons. The Morgan fingerprint density at radius 1 is 1.07 bits per heavy atom. The van der Waals surface area contributed by atoms with Gasteiger partial charge in [-0.2, -0.15) is 4.31 Å². The number of fused-ring (bicyclic) bond motifs is 1. The van der Waals surface area contributed by atoms with E-state index in [-0.39, 0.29) is 17.2 Å². The van der Waals surface area contributed by atoms with E-state index in [1.807, 2.05) is 6.07 Å². The fourth-order valence-electron chi connectivity index (χ4n) is 3.08. The number of hydrogen-bond donors (Lipinski definition) is 1. The summed E-state index contributed by atoms with van der Waals surface area (Å²) in [6, 6.07) is 15.4. The number of carbonyl (C=O) groups excluding carboxylic acids is 1. The predicted octanol–water partition coefficient (Wildman–Crippen LogP) is 2.67. The third-order valence-electron chi connectivity index (χ3n) is 4.48. The molecule has 4 rings (SSSR count). The standard InChI is InChI=1S/C19H17N3O4S/c23-19(18-8-10-20-26-18)21-16-7-6-14-9-11-22(13-15(14)12-16)27(24,25)17-4-2-1-3-5-17/h1-8,10,12H,9,11,13H2,(H,21,23). The zero-order valence-electron chi connectivity index (χ0n) is 14.3. The smallest absolute Gasteiger partial charge is 0.294 e. The summed E-state index contributed by atoms with van der Waals surface area (Å²) in [6.07, 6.45) is 2.02. The summed E-state index contributed by atoms with van der Waals surface area (Å²) in [6.45, 7) is 0.687. The van der Waals surface area contributed by atoms with E-state index in [0.717, 1.165) is 11.1 Å². The van der Waals surface area contributed by atoms with Gasteiger partial charge in [0.1, 0.15) is 0 Å². The van der Waals surface area contributed by atoms with Crippen molar-refractivity contribution in [1.29, 1.82) is 0 Å². The monoisotopic (exact) mass is 383 g/mol. The normalized spacial score (nSPS) is 14.5. The van der Waals surface area contributed by atoms with Crippen LogP contribution in [0.5, 0.6) is 0 Å². The van der Waals surface area contributed by atoms with E-state index >= 15 is 0 Å². The van der Waals surface area contributed by atoms with Gasteiger partial charge in [0.2, 0.25) is 15.8 Å². The molecule has 27 heavy (non-hydrogen) atoms. The van der Waals surface area contributed by atoms with Crippen molar-refractivity contribution in [2.45, 2.75) is 17.9 Å². The van der Waals surface area contributed by atoms with Crippen molar-refractivity contribution >= 4 is 21.6 Å². The third kappa shape index (κ3) is 3.49. The lowest BCUT2D eigenvalue weighted by molar-refractivity contribution is 0.0988. The first-order valence-electron chi connectivity index (χ1n) is 8.43. The maximum absolute atomic E-state index is 12.9. The molecular formula is C19H17N3O4S. The largest absolute Gasteiger partial charge is 0.351 e. The third-order valence-corrected chi connectivity index (χ3v) is 6.34. The first-order chi connectivity index (χ1) is 13.0. The second-order valence-corrected chi connectivity index (χ2v) is 8.15. The van der Waals surface area contributed by atoms with Crippen molar-refractivity contribution in [3.8, 4) is 0 Å². The molecular weight excluding hydrogens is 366 g/mol. The average Bonchev–Trinajstić information content (AvgIpc) is 3.23. The highest BCUT2D eigenvalue weighted by atomic mass is 32.2. The molecule has 0 bridgehead atoms. The molecule has 1 aliphatic heterocycles. The number of nitrogens with one attached hydrogen (secondary N) is 1. The van der Waals surface area contributed by atoms with Gasteiger partial charge in [0.05, 0.1) is 11.1 Å². The summed E-state index contributed by atoms with van der Waals surface area (Å²) < 4.78 is 32.0. The topological polar surface area (TPSA) is 92.5 Å². The molecule has 0 spiro atoms. The number of amides is 1. The maximum atomic E-state index is 12.9. The molecule has 0 aliphatic carbocycles. The van der Waals surface area contributed by atoms with Crippen molar-refractivity contribution in [2.24, 2.45) is 0 Å². The molecule has 1 aromatic heterocycles. The lowest BCUT2D eigenvalue weighted by Gasteiger charge is -2.28. The number of rotatable bonds is 4. The van der Waals surface area contributed by atoms with Crippen molar-refractivity contribution in [3.05, 3.63) is 77.7 Å². The molecule has 0 saturated heterocycles. The van der Waals surface area contributed by atoms with Crippen molar-refractivity contribution in [2.75, 3.05) is 11.9 Å². The fourth-order valence-corrected chi connectivity index (χ4v) is 4.52. The maximum Gasteiger partial charge on any atom is 0.294 e. The number of nitrogens with zero attached hydrogens (tertiary/aromatic N) is 2. The minimum Gasteiger partial charge on any atom is -0.351 e. The van der Waals surface area contributed by atoms with E-state index in [9.17, 15) is 13.2 Å². The Balaban J connectivity index is 1.56. The summed E-state index contributed by atoms with van der Waals surface area (Å²) >= 11 is 0. The Bertz CT molecular complexity index is 1060. The highest BCUT2D eigenvalue weighted by Gasteiger charge is 2.28. The quantitative estimate of drug-likeness (QED) is 0.748. The lowest BCUT2D eigenvalue weighted by atomic mass is 10.0. The van der Waals surface area contributed by atoms with Gasteiger partial charge in [-0.25, -0.2) is 8.42 Å². The van der Waals surface area contributed by atoms with Crippen molar-refractivity contribution < 1.29 is 17.7 Å². The predicted molar refractivity (Wildman–Crippen MR) is 98.6 cm³/mol. The van der Waals surface area contributed by atoms with Crippen LogP contribution >= 0.6 is 0 Å². The molecule has 0 fully saturated rings. The zero-order chi connectivity index (χ0) is 18.9. The molecule has 8 heteroatoms. The van der Waals surface area contributed by atoms with Crippen LogP contribution in [0.15, 0.2) is 70.2 Å². The SMILES string of the molecule is O=C(Nc1ccc2c(c1)CN(S(=O)(=O)c1ccccc1)CC2)c1ccno1. The van der Waals surface area contributed by atoms with Crippen LogP contribution in [0.25, 0.3) is 0 Å². The second kappa shape index (κ2) is 6.98. The van der Waals surface area contributed by atoms with Gasteiger partial charge >= 0.3 is 0 Å². The van der Waals surface area contributed by atoms with Crippen LogP contribution in [-0.4, -0.2) is 30.3 Å². The number of carbonyl (C=O) groups is 1. The first kappa shape index (κ1) is 17.4. The Kier molecular flexibility index (Phi) is 4.51. The fraction of sp³-hybridized carbons (Fsp3) is 0.158. The van der Waals surface area contributed by atoms with Gasteiger partial charge in [-0.3, -0.25) is 4.79 Å². The highest BCUT2D eigenvalue weighted by molar-refractivity contribution is 7.89. The lowest BCUT2D eigenvalue weighted by Crippen LogP contribution is -2.36. The number of benzene rings is 2. The molecule has 1 N–H and O–H groups in total. The Labute approximate surface area is 156 Å². The van der Waals surface area contributed by atoms with Crippen LogP contribution < -0.4 is 5.32 Å². The molecule has 0 atom stereocenters. The van der Waals surface area contributed by atoms with Crippen LogP contribution in [0.4, 0.5) is 5.69 Å². The Morgan fingerprint density at radius 2 is 1.89 bits per heavy atom. The van der Waals surface area contributed by atoms with E-state index in [1.165, 1.54) is 16.6 Å². The molecule has 0 unspecified atom stereocenters. The van der Waals surface area contributed by atoms with Gasteiger partial charge < -0.3 is 9.84 Å². The van der Waals surface area contributed by atoms with Crippen LogP contribution in [0.2, 0.25) is 0 Å². The molecule has 1 amide bonds. The van der Waals surface area contributed by atoms with Gasteiger partial charge in [-0.05, 0) is 41.8 Å². The van der Waals surface area contributed by atoms with E-state index < -0.39 is 15.9 Å². The van der Waals surface area contributed by atoms with E-state index in [4.69, 9.17) is 4.52 Å². The Hall–Kier alpha value is -2.97. The molecule has 7 nitrogen and oxygen atoms in total. The molecule has 2 heterocycles. The summed E-state index contributed by atoms with van der Waals surface area (Å²) in [7, 11) is -3.55.